The zero-order chi connectivity index (χ0) is 10.6. The third kappa shape index (κ3) is 3.82. The Balaban J connectivity index is 2.24. The van der Waals surface area contributed by atoms with Gasteiger partial charge in [0, 0.05) is 18.3 Å². The van der Waals surface area contributed by atoms with Crippen molar-refractivity contribution in [3.63, 3.8) is 0 Å². The van der Waals surface area contributed by atoms with Gasteiger partial charge in [-0.2, -0.15) is 0 Å². The van der Waals surface area contributed by atoms with Crippen LogP contribution in [0.3, 0.4) is 0 Å². The van der Waals surface area contributed by atoms with Crippen molar-refractivity contribution in [1.29, 1.82) is 0 Å². The van der Waals surface area contributed by atoms with E-state index in [0.717, 1.165) is 17.1 Å². The van der Waals surface area contributed by atoms with Crippen LogP contribution in [0.2, 0.25) is 0 Å². The van der Waals surface area contributed by atoms with E-state index < -0.39 is 0 Å². The number of hydrogen-bond acceptors (Lipinski definition) is 2. The monoisotopic (exact) mass is 215 g/mol. The molecule has 0 spiro atoms. The standard InChI is InChI=1S/C12H25NS/c1-5-11(4)12-6-8-13(9-7-12)14-10(2)3/h10-12H,5-9H2,1-4H3. The van der Waals surface area contributed by atoms with Gasteiger partial charge in [-0.25, -0.2) is 0 Å². The van der Waals surface area contributed by atoms with Crippen molar-refractivity contribution >= 4 is 11.9 Å². The molecule has 0 aromatic rings. The van der Waals surface area contributed by atoms with E-state index in [9.17, 15) is 0 Å². The summed E-state index contributed by atoms with van der Waals surface area (Å²) in [6.45, 7) is 11.9. The summed E-state index contributed by atoms with van der Waals surface area (Å²) >= 11 is 2.03. The molecule has 1 saturated heterocycles. The summed E-state index contributed by atoms with van der Waals surface area (Å²) in [6.07, 6.45) is 4.17. The van der Waals surface area contributed by atoms with E-state index in [1.165, 1.54) is 32.4 Å². The number of hydrogen-bond donors (Lipinski definition) is 0. The molecule has 1 atom stereocenters. The first-order valence-electron chi connectivity index (χ1n) is 6.05. The first kappa shape index (κ1) is 12.4. The highest BCUT2D eigenvalue weighted by atomic mass is 32.2. The smallest absolute Gasteiger partial charge is 0.0138 e. The first-order chi connectivity index (χ1) is 6.63. The highest BCUT2D eigenvalue weighted by Gasteiger charge is 2.23. The minimum atomic E-state index is 0.746. The second-order valence-electron chi connectivity index (χ2n) is 4.81. The van der Waals surface area contributed by atoms with Crippen LogP contribution in [0.15, 0.2) is 0 Å². The van der Waals surface area contributed by atoms with Crippen molar-refractivity contribution in [2.75, 3.05) is 13.1 Å². The van der Waals surface area contributed by atoms with Crippen molar-refractivity contribution in [3.8, 4) is 0 Å². The third-order valence-electron chi connectivity index (χ3n) is 3.31. The lowest BCUT2D eigenvalue weighted by molar-refractivity contribution is 0.222. The maximum absolute atomic E-state index is 2.56. The fourth-order valence-electron chi connectivity index (χ4n) is 2.18. The number of piperidine rings is 1. The minimum absolute atomic E-state index is 0.746. The second kappa shape index (κ2) is 6.02. The van der Waals surface area contributed by atoms with Crippen LogP contribution in [0.25, 0.3) is 0 Å². The minimum Gasteiger partial charge on any atom is -0.250 e. The first-order valence-corrected chi connectivity index (χ1v) is 6.88. The maximum atomic E-state index is 2.56. The van der Waals surface area contributed by atoms with Crippen molar-refractivity contribution in [1.82, 2.24) is 4.31 Å². The molecule has 14 heavy (non-hydrogen) atoms. The lowest BCUT2D eigenvalue weighted by atomic mass is 9.85. The van der Waals surface area contributed by atoms with Gasteiger partial charge in [-0.05, 0) is 24.7 Å². The Bertz CT molecular complexity index is 150. The van der Waals surface area contributed by atoms with Gasteiger partial charge in [-0.3, -0.25) is 4.31 Å². The molecule has 1 heterocycles. The van der Waals surface area contributed by atoms with Crippen LogP contribution in [0.4, 0.5) is 0 Å². The Morgan fingerprint density at radius 1 is 1.21 bits per heavy atom. The molecule has 0 aromatic carbocycles. The van der Waals surface area contributed by atoms with Crippen molar-refractivity contribution in [2.24, 2.45) is 11.8 Å². The van der Waals surface area contributed by atoms with E-state index in [1.54, 1.807) is 0 Å². The maximum Gasteiger partial charge on any atom is 0.0138 e. The molecule has 1 rings (SSSR count). The Hall–Kier alpha value is 0.310. The van der Waals surface area contributed by atoms with Crippen molar-refractivity contribution < 1.29 is 0 Å². The molecule has 0 aliphatic carbocycles. The third-order valence-corrected chi connectivity index (χ3v) is 4.39. The Morgan fingerprint density at radius 3 is 2.21 bits per heavy atom. The van der Waals surface area contributed by atoms with Gasteiger partial charge >= 0.3 is 0 Å². The molecule has 1 aliphatic heterocycles. The molecular formula is C12H25NS. The normalized spacial score (nSPS) is 22.9. The van der Waals surface area contributed by atoms with E-state index in [4.69, 9.17) is 0 Å². The van der Waals surface area contributed by atoms with E-state index in [1.807, 2.05) is 11.9 Å². The van der Waals surface area contributed by atoms with E-state index in [-0.39, 0.29) is 0 Å². The summed E-state index contributed by atoms with van der Waals surface area (Å²) in [5.74, 6) is 1.92. The second-order valence-corrected chi connectivity index (χ2v) is 6.48. The number of nitrogens with zero attached hydrogens (tertiary/aromatic N) is 1. The molecule has 0 aromatic heterocycles. The topological polar surface area (TPSA) is 3.24 Å². The van der Waals surface area contributed by atoms with Crippen molar-refractivity contribution in [3.05, 3.63) is 0 Å². The Kier molecular flexibility index (Phi) is 5.32. The molecule has 1 unspecified atom stereocenters. The summed E-state index contributed by atoms with van der Waals surface area (Å²) in [5.41, 5.74) is 0. The fraction of sp³-hybridized carbons (Fsp3) is 1.00. The molecule has 0 bridgehead atoms. The molecule has 2 heteroatoms. The van der Waals surface area contributed by atoms with E-state index in [0.29, 0.717) is 0 Å². The molecule has 0 saturated carbocycles. The van der Waals surface area contributed by atoms with Gasteiger partial charge in [0.25, 0.3) is 0 Å². The summed E-state index contributed by atoms with van der Waals surface area (Å²) in [4.78, 5) is 0. The van der Waals surface area contributed by atoms with Gasteiger partial charge in [0.15, 0.2) is 0 Å². The van der Waals surface area contributed by atoms with Gasteiger partial charge in [0.1, 0.15) is 0 Å². The molecule has 84 valence electrons. The van der Waals surface area contributed by atoms with Gasteiger partial charge < -0.3 is 0 Å². The zero-order valence-electron chi connectivity index (χ0n) is 10.1. The fourth-order valence-corrected chi connectivity index (χ4v) is 3.20. The predicted octanol–water partition coefficient (Wildman–Crippen LogP) is 3.80. The quantitative estimate of drug-likeness (QED) is 0.656. The lowest BCUT2D eigenvalue weighted by Crippen LogP contribution is -2.32. The number of rotatable bonds is 4. The molecule has 0 N–H and O–H groups in total. The van der Waals surface area contributed by atoms with Crippen LogP contribution < -0.4 is 0 Å². The van der Waals surface area contributed by atoms with E-state index >= 15 is 0 Å². The molecule has 1 aliphatic rings. The van der Waals surface area contributed by atoms with Gasteiger partial charge in [0.05, 0.1) is 0 Å². The molecule has 0 radical (unpaired) electrons. The van der Waals surface area contributed by atoms with Gasteiger partial charge in [0.2, 0.25) is 0 Å². The van der Waals surface area contributed by atoms with Crippen molar-refractivity contribution in [2.45, 2.75) is 52.2 Å². The summed E-state index contributed by atoms with van der Waals surface area (Å²) < 4.78 is 2.56. The Morgan fingerprint density at radius 2 is 1.79 bits per heavy atom. The SMILES string of the molecule is CCC(C)C1CCN(SC(C)C)CC1. The van der Waals surface area contributed by atoms with Gasteiger partial charge in [-0.1, -0.05) is 46.1 Å². The summed E-state index contributed by atoms with van der Waals surface area (Å²) in [6, 6.07) is 0. The molecule has 1 fully saturated rings. The van der Waals surface area contributed by atoms with E-state index in [2.05, 4.69) is 32.0 Å². The average molecular weight is 215 g/mol. The average Bonchev–Trinajstić information content (AvgIpc) is 2.17. The lowest BCUT2D eigenvalue weighted by Gasteiger charge is -2.34. The summed E-state index contributed by atoms with van der Waals surface area (Å²) in [7, 11) is 0. The highest BCUT2D eigenvalue weighted by Crippen LogP contribution is 2.30. The van der Waals surface area contributed by atoms with Crippen LogP contribution >= 0.6 is 11.9 Å². The molecular weight excluding hydrogens is 190 g/mol. The van der Waals surface area contributed by atoms with Crippen LogP contribution in [-0.2, 0) is 0 Å². The predicted molar refractivity (Wildman–Crippen MR) is 66.5 cm³/mol. The Labute approximate surface area is 93.8 Å². The van der Waals surface area contributed by atoms with Gasteiger partial charge in [-0.15, -0.1) is 0 Å². The van der Waals surface area contributed by atoms with Crippen LogP contribution in [0, 0.1) is 11.8 Å². The largest absolute Gasteiger partial charge is 0.250 e. The highest BCUT2D eigenvalue weighted by molar-refractivity contribution is 7.97. The van der Waals surface area contributed by atoms with Crippen LogP contribution in [0.5, 0.6) is 0 Å². The zero-order valence-corrected chi connectivity index (χ0v) is 10.9. The van der Waals surface area contributed by atoms with Crippen LogP contribution in [-0.4, -0.2) is 22.6 Å². The molecule has 0 amide bonds. The van der Waals surface area contributed by atoms with Crippen LogP contribution in [0.1, 0.15) is 47.0 Å². The summed E-state index contributed by atoms with van der Waals surface area (Å²) in [5, 5.41) is 0.746. The molecule has 1 nitrogen and oxygen atoms in total.